The number of thiazole rings is 1. The number of hydrogen-bond acceptors (Lipinski definition) is 2. The van der Waals surface area contributed by atoms with E-state index in [1.165, 1.54) is 21.7 Å². The van der Waals surface area contributed by atoms with E-state index in [1.54, 1.807) is 11.3 Å². The molecule has 0 spiro atoms. The maximum absolute atomic E-state index is 13.5. The van der Waals surface area contributed by atoms with E-state index < -0.39 is 5.92 Å². The molecule has 1 heterocycles. The van der Waals surface area contributed by atoms with Gasteiger partial charge in [-0.1, -0.05) is 84.9 Å². The van der Waals surface area contributed by atoms with Gasteiger partial charge in [0.05, 0.1) is 11.6 Å². The molecule has 30 heavy (non-hydrogen) atoms. The third kappa shape index (κ3) is 3.33. The predicted molar refractivity (Wildman–Crippen MR) is 121 cm³/mol. The van der Waals surface area contributed by atoms with E-state index in [1.807, 2.05) is 67.7 Å². The van der Waals surface area contributed by atoms with Crippen LogP contribution in [0.4, 0.5) is 0 Å². The molecule has 1 aromatic heterocycles. The molecule has 4 heteroatoms. The molecule has 0 unspecified atom stereocenters. The fraction of sp³-hybridized carbons (Fsp3) is 0.154. The van der Waals surface area contributed by atoms with Gasteiger partial charge in [-0.15, -0.1) is 11.3 Å². The van der Waals surface area contributed by atoms with Crippen molar-refractivity contribution in [2.75, 3.05) is 0 Å². The molecule has 3 nitrogen and oxygen atoms in total. The lowest BCUT2D eigenvalue weighted by Gasteiger charge is -2.17. The molecule has 3 aromatic carbocycles. The van der Waals surface area contributed by atoms with Gasteiger partial charge in [-0.2, -0.15) is 4.99 Å². The SMILES string of the molecule is Cn1c2c(sc1=NC(=O)C(c1ccccc1)c1ccccc1)CCc1ccccc1-2. The van der Waals surface area contributed by atoms with E-state index in [0.717, 1.165) is 28.8 Å². The molecule has 148 valence electrons. The van der Waals surface area contributed by atoms with Gasteiger partial charge in [-0.25, -0.2) is 0 Å². The number of nitrogens with zero attached hydrogens (tertiary/aromatic N) is 2. The van der Waals surface area contributed by atoms with Crippen LogP contribution in [-0.2, 0) is 24.7 Å². The molecule has 1 aliphatic rings. The number of amides is 1. The maximum atomic E-state index is 13.5. The summed E-state index contributed by atoms with van der Waals surface area (Å²) in [6, 6.07) is 28.4. The monoisotopic (exact) mass is 410 g/mol. The van der Waals surface area contributed by atoms with Crippen molar-refractivity contribution >= 4 is 17.2 Å². The van der Waals surface area contributed by atoms with E-state index in [-0.39, 0.29) is 5.91 Å². The molecule has 5 rings (SSSR count). The van der Waals surface area contributed by atoms with Crippen molar-refractivity contribution in [2.24, 2.45) is 12.0 Å². The first kappa shape index (κ1) is 18.8. The minimum atomic E-state index is -0.404. The Morgan fingerprint density at radius 3 is 2.13 bits per heavy atom. The number of fused-ring (bicyclic) bond motifs is 3. The summed E-state index contributed by atoms with van der Waals surface area (Å²) in [5.74, 6) is -0.534. The van der Waals surface area contributed by atoms with Gasteiger partial charge in [0.2, 0.25) is 0 Å². The van der Waals surface area contributed by atoms with Gasteiger partial charge in [0.25, 0.3) is 5.91 Å². The Morgan fingerprint density at radius 2 is 1.47 bits per heavy atom. The maximum Gasteiger partial charge on any atom is 0.260 e. The molecule has 1 amide bonds. The second-order valence-corrected chi connectivity index (χ2v) is 8.64. The Hall–Kier alpha value is -3.24. The van der Waals surface area contributed by atoms with Crippen LogP contribution in [0.15, 0.2) is 89.9 Å². The Kier molecular flexibility index (Phi) is 4.93. The molecule has 0 aliphatic heterocycles. The highest BCUT2D eigenvalue weighted by molar-refractivity contribution is 7.09. The molecular formula is C26H22N2OS. The molecule has 1 aliphatic carbocycles. The number of hydrogen-bond donors (Lipinski definition) is 0. The fourth-order valence-corrected chi connectivity index (χ4v) is 5.38. The average Bonchev–Trinajstić information content (AvgIpc) is 3.11. The zero-order valence-corrected chi connectivity index (χ0v) is 17.6. The van der Waals surface area contributed by atoms with Gasteiger partial charge in [0.1, 0.15) is 0 Å². The van der Waals surface area contributed by atoms with Crippen molar-refractivity contribution < 1.29 is 4.79 Å². The molecule has 0 saturated heterocycles. The Bertz CT molecular complexity index is 1230. The zero-order chi connectivity index (χ0) is 20.5. The van der Waals surface area contributed by atoms with Crippen molar-refractivity contribution in [3.05, 3.63) is 111 Å². The van der Waals surface area contributed by atoms with Crippen molar-refractivity contribution in [3.63, 3.8) is 0 Å². The molecule has 0 radical (unpaired) electrons. The van der Waals surface area contributed by atoms with Gasteiger partial charge >= 0.3 is 0 Å². The van der Waals surface area contributed by atoms with Crippen LogP contribution in [0.3, 0.4) is 0 Å². The summed E-state index contributed by atoms with van der Waals surface area (Å²) in [6.45, 7) is 0. The van der Waals surface area contributed by atoms with Crippen molar-refractivity contribution in [1.82, 2.24) is 4.57 Å². The molecule has 0 saturated carbocycles. The third-order valence-corrected chi connectivity index (χ3v) is 6.91. The van der Waals surface area contributed by atoms with Gasteiger partial charge in [0, 0.05) is 17.5 Å². The van der Waals surface area contributed by atoms with Gasteiger partial charge in [0.15, 0.2) is 4.80 Å². The molecular weight excluding hydrogens is 388 g/mol. The largest absolute Gasteiger partial charge is 0.319 e. The van der Waals surface area contributed by atoms with Crippen molar-refractivity contribution in [2.45, 2.75) is 18.8 Å². The summed E-state index contributed by atoms with van der Waals surface area (Å²) in [5.41, 5.74) is 5.75. The van der Waals surface area contributed by atoms with Crippen LogP contribution in [0.25, 0.3) is 11.3 Å². The molecule has 0 fully saturated rings. The molecule has 0 N–H and O–H groups in total. The standard InChI is InChI=1S/C26H22N2OS/c1-28-24-21-15-9-8-10-18(21)16-17-22(24)30-26(28)27-25(29)23(19-11-4-2-5-12-19)20-13-6-3-7-14-20/h2-15,23H,16-17H2,1H3. The van der Waals surface area contributed by atoms with Crippen LogP contribution < -0.4 is 4.80 Å². The van der Waals surface area contributed by atoms with Gasteiger partial charge < -0.3 is 4.57 Å². The summed E-state index contributed by atoms with van der Waals surface area (Å²) in [5, 5.41) is 0. The van der Waals surface area contributed by atoms with Crippen LogP contribution in [-0.4, -0.2) is 10.5 Å². The topological polar surface area (TPSA) is 34.4 Å². The summed E-state index contributed by atoms with van der Waals surface area (Å²) < 4.78 is 2.09. The summed E-state index contributed by atoms with van der Waals surface area (Å²) in [6.07, 6.45) is 2.03. The van der Waals surface area contributed by atoms with Crippen LogP contribution in [0, 0.1) is 0 Å². The Labute approximate surface area is 180 Å². The smallest absolute Gasteiger partial charge is 0.260 e. The second kappa shape index (κ2) is 7.88. The van der Waals surface area contributed by atoms with E-state index in [0.29, 0.717) is 0 Å². The van der Waals surface area contributed by atoms with E-state index in [4.69, 9.17) is 0 Å². The minimum absolute atomic E-state index is 0.130. The number of benzene rings is 3. The predicted octanol–water partition coefficient (Wildman–Crippen LogP) is 5.11. The normalized spacial score (nSPS) is 13.2. The third-order valence-electron chi connectivity index (χ3n) is 5.71. The summed E-state index contributed by atoms with van der Waals surface area (Å²) in [7, 11) is 2.02. The van der Waals surface area contributed by atoms with Crippen molar-refractivity contribution in [3.8, 4) is 11.3 Å². The van der Waals surface area contributed by atoms with Crippen LogP contribution in [0.5, 0.6) is 0 Å². The number of rotatable bonds is 3. The summed E-state index contributed by atoms with van der Waals surface area (Å²) in [4.78, 5) is 20.1. The lowest BCUT2D eigenvalue weighted by Crippen LogP contribution is -2.19. The zero-order valence-electron chi connectivity index (χ0n) is 16.8. The number of carbonyl (C=O) groups is 1. The van der Waals surface area contributed by atoms with Crippen molar-refractivity contribution in [1.29, 1.82) is 0 Å². The molecule has 0 atom stereocenters. The highest BCUT2D eigenvalue weighted by Crippen LogP contribution is 2.34. The average molecular weight is 411 g/mol. The minimum Gasteiger partial charge on any atom is -0.319 e. The van der Waals surface area contributed by atoms with E-state index >= 15 is 0 Å². The van der Waals surface area contributed by atoms with E-state index in [2.05, 4.69) is 33.8 Å². The number of aromatic nitrogens is 1. The Balaban J connectivity index is 1.61. The first-order valence-electron chi connectivity index (χ1n) is 10.2. The van der Waals surface area contributed by atoms with Crippen LogP contribution >= 0.6 is 11.3 Å². The lowest BCUT2D eigenvalue weighted by atomic mass is 9.91. The number of aryl methyl sites for hydroxylation is 2. The van der Waals surface area contributed by atoms with Gasteiger partial charge in [-0.05, 0) is 29.5 Å². The quantitative estimate of drug-likeness (QED) is 0.462. The van der Waals surface area contributed by atoms with Crippen LogP contribution in [0.1, 0.15) is 27.5 Å². The van der Waals surface area contributed by atoms with E-state index in [9.17, 15) is 4.79 Å². The lowest BCUT2D eigenvalue weighted by molar-refractivity contribution is -0.118. The highest BCUT2D eigenvalue weighted by Gasteiger charge is 2.24. The highest BCUT2D eigenvalue weighted by atomic mass is 32.1. The molecule has 4 aromatic rings. The summed E-state index contributed by atoms with van der Waals surface area (Å²) >= 11 is 1.64. The second-order valence-electron chi connectivity index (χ2n) is 7.58. The fourth-order valence-electron chi connectivity index (χ4n) is 4.25. The molecule has 0 bridgehead atoms. The Morgan fingerprint density at radius 1 is 0.867 bits per heavy atom. The first-order valence-corrected chi connectivity index (χ1v) is 11.0. The number of carbonyl (C=O) groups excluding carboxylic acids is 1. The van der Waals surface area contributed by atoms with Gasteiger partial charge in [-0.3, -0.25) is 4.79 Å². The first-order chi connectivity index (χ1) is 14.7. The van der Waals surface area contributed by atoms with Crippen LogP contribution in [0.2, 0.25) is 0 Å².